The van der Waals surface area contributed by atoms with Gasteiger partial charge in [-0.25, -0.2) is 0 Å². The van der Waals surface area contributed by atoms with Crippen LogP contribution < -0.4 is 0 Å². The number of fused-ring (bicyclic) bond motifs is 1. The summed E-state index contributed by atoms with van der Waals surface area (Å²) in [5, 5.41) is 0.999. The van der Waals surface area contributed by atoms with Crippen LogP contribution in [-0.4, -0.2) is 17.8 Å². The van der Waals surface area contributed by atoms with Crippen LogP contribution in [0.4, 0.5) is 0 Å². The van der Waals surface area contributed by atoms with Crippen LogP contribution in [0.3, 0.4) is 0 Å². The molecule has 0 atom stereocenters. The van der Waals surface area contributed by atoms with Crippen LogP contribution in [0.15, 0.2) is 28.7 Å². The summed E-state index contributed by atoms with van der Waals surface area (Å²) in [4.78, 5) is 11.6. The molecule has 0 fully saturated rings. The minimum atomic E-state index is 0.0538. The van der Waals surface area contributed by atoms with Gasteiger partial charge in [-0.15, -0.1) is 0 Å². The standard InChI is InChI=1S/C12H12O2S/c1-8-4-3-5-9-6-11(14-12(8)9)10(13)7-15-2/h3-6H,7H2,1-2H3. The van der Waals surface area contributed by atoms with Crippen molar-refractivity contribution >= 4 is 28.5 Å². The summed E-state index contributed by atoms with van der Waals surface area (Å²) in [6.07, 6.45) is 1.91. The van der Waals surface area contributed by atoms with Crippen LogP contribution >= 0.6 is 11.8 Å². The molecule has 0 spiro atoms. The zero-order chi connectivity index (χ0) is 10.8. The fraction of sp³-hybridized carbons (Fsp3) is 0.250. The predicted molar refractivity (Wildman–Crippen MR) is 63.7 cm³/mol. The van der Waals surface area contributed by atoms with E-state index in [1.807, 2.05) is 37.4 Å². The van der Waals surface area contributed by atoms with Crippen molar-refractivity contribution in [3.8, 4) is 0 Å². The maximum atomic E-state index is 11.6. The maximum absolute atomic E-state index is 11.6. The molecule has 0 radical (unpaired) electrons. The van der Waals surface area contributed by atoms with Gasteiger partial charge in [0.15, 0.2) is 5.76 Å². The zero-order valence-corrected chi connectivity index (χ0v) is 9.56. The summed E-state index contributed by atoms with van der Waals surface area (Å²) in [7, 11) is 0. The predicted octanol–water partition coefficient (Wildman–Crippen LogP) is 3.29. The monoisotopic (exact) mass is 220 g/mol. The van der Waals surface area contributed by atoms with E-state index in [2.05, 4.69) is 0 Å². The SMILES string of the molecule is CSCC(=O)c1cc2cccc(C)c2o1. The van der Waals surface area contributed by atoms with E-state index in [1.54, 1.807) is 0 Å². The summed E-state index contributed by atoms with van der Waals surface area (Å²) in [6, 6.07) is 7.73. The zero-order valence-electron chi connectivity index (χ0n) is 8.74. The highest BCUT2D eigenvalue weighted by Gasteiger charge is 2.12. The highest BCUT2D eigenvalue weighted by molar-refractivity contribution is 7.99. The number of hydrogen-bond donors (Lipinski definition) is 0. The topological polar surface area (TPSA) is 30.2 Å². The van der Waals surface area contributed by atoms with Crippen LogP contribution in [0.5, 0.6) is 0 Å². The number of ketones is 1. The lowest BCUT2D eigenvalue weighted by molar-refractivity contribution is 0.0994. The minimum absolute atomic E-state index is 0.0538. The van der Waals surface area contributed by atoms with Gasteiger partial charge in [0, 0.05) is 5.39 Å². The lowest BCUT2D eigenvalue weighted by Gasteiger charge is -1.93. The molecule has 2 rings (SSSR count). The molecule has 0 N–H and O–H groups in total. The van der Waals surface area contributed by atoms with Gasteiger partial charge in [0.2, 0.25) is 5.78 Å². The molecular weight excluding hydrogens is 208 g/mol. The molecule has 2 aromatic rings. The highest BCUT2D eigenvalue weighted by atomic mass is 32.2. The molecule has 2 nitrogen and oxygen atoms in total. The largest absolute Gasteiger partial charge is 0.453 e. The Bertz CT molecular complexity index is 499. The molecule has 0 aliphatic rings. The van der Waals surface area contributed by atoms with Gasteiger partial charge in [0.05, 0.1) is 5.75 Å². The van der Waals surface area contributed by atoms with Crippen molar-refractivity contribution in [1.29, 1.82) is 0 Å². The van der Waals surface area contributed by atoms with Crippen molar-refractivity contribution < 1.29 is 9.21 Å². The Morgan fingerprint density at radius 1 is 1.47 bits per heavy atom. The average Bonchev–Trinajstić information content (AvgIpc) is 2.63. The highest BCUT2D eigenvalue weighted by Crippen LogP contribution is 2.23. The van der Waals surface area contributed by atoms with E-state index in [0.29, 0.717) is 11.5 Å². The lowest BCUT2D eigenvalue weighted by atomic mass is 10.2. The molecule has 1 heterocycles. The Balaban J connectivity index is 2.47. The molecule has 1 aromatic heterocycles. The number of furan rings is 1. The fourth-order valence-corrected chi connectivity index (χ4v) is 1.95. The molecule has 78 valence electrons. The third kappa shape index (κ3) is 1.92. The van der Waals surface area contributed by atoms with Gasteiger partial charge in [-0.1, -0.05) is 18.2 Å². The van der Waals surface area contributed by atoms with E-state index < -0.39 is 0 Å². The summed E-state index contributed by atoms with van der Waals surface area (Å²) >= 11 is 1.51. The number of thioether (sulfide) groups is 1. The van der Waals surface area contributed by atoms with Gasteiger partial charge in [-0.3, -0.25) is 4.79 Å². The summed E-state index contributed by atoms with van der Waals surface area (Å²) in [5.41, 5.74) is 1.89. The molecular formula is C12H12O2S. The van der Waals surface area contributed by atoms with Crippen LogP contribution in [-0.2, 0) is 0 Å². The van der Waals surface area contributed by atoms with Gasteiger partial charge in [0.25, 0.3) is 0 Å². The van der Waals surface area contributed by atoms with Crippen molar-refractivity contribution in [3.63, 3.8) is 0 Å². The Hall–Kier alpha value is -1.22. The maximum Gasteiger partial charge on any atom is 0.207 e. The van der Waals surface area contributed by atoms with Crippen molar-refractivity contribution in [3.05, 3.63) is 35.6 Å². The Morgan fingerprint density at radius 3 is 2.93 bits per heavy atom. The van der Waals surface area contributed by atoms with Crippen LogP contribution in [0, 0.1) is 6.92 Å². The normalized spacial score (nSPS) is 10.8. The van der Waals surface area contributed by atoms with Gasteiger partial charge in [-0.05, 0) is 24.8 Å². The molecule has 0 saturated heterocycles. The first-order valence-corrected chi connectivity index (χ1v) is 6.13. The molecule has 0 aliphatic carbocycles. The van der Waals surface area contributed by atoms with Gasteiger partial charge >= 0.3 is 0 Å². The first kappa shape index (κ1) is 10.3. The van der Waals surface area contributed by atoms with E-state index in [4.69, 9.17) is 4.42 Å². The lowest BCUT2D eigenvalue weighted by Crippen LogP contribution is -1.99. The molecule has 15 heavy (non-hydrogen) atoms. The van der Waals surface area contributed by atoms with Crippen molar-refractivity contribution in [2.75, 3.05) is 12.0 Å². The van der Waals surface area contributed by atoms with Crippen LogP contribution in [0.25, 0.3) is 11.0 Å². The van der Waals surface area contributed by atoms with Gasteiger partial charge in [-0.2, -0.15) is 11.8 Å². The number of para-hydroxylation sites is 1. The number of Topliss-reactive ketones (excluding diaryl/α,β-unsaturated/α-hetero) is 1. The first-order chi connectivity index (χ1) is 7.22. The molecule has 0 unspecified atom stereocenters. The second kappa shape index (κ2) is 4.11. The second-order valence-corrected chi connectivity index (χ2v) is 4.33. The fourth-order valence-electron chi connectivity index (χ4n) is 1.55. The number of rotatable bonds is 3. The second-order valence-electron chi connectivity index (χ2n) is 3.46. The van der Waals surface area contributed by atoms with Crippen molar-refractivity contribution in [1.82, 2.24) is 0 Å². The third-order valence-electron chi connectivity index (χ3n) is 2.29. The van der Waals surface area contributed by atoms with Gasteiger partial charge < -0.3 is 4.42 Å². The Kier molecular flexibility index (Phi) is 2.82. The van der Waals surface area contributed by atoms with E-state index in [0.717, 1.165) is 16.5 Å². The molecule has 3 heteroatoms. The van der Waals surface area contributed by atoms with Crippen LogP contribution in [0.1, 0.15) is 16.1 Å². The van der Waals surface area contributed by atoms with Crippen molar-refractivity contribution in [2.45, 2.75) is 6.92 Å². The quantitative estimate of drug-likeness (QED) is 0.743. The first-order valence-electron chi connectivity index (χ1n) is 4.73. The van der Waals surface area contributed by atoms with E-state index in [1.165, 1.54) is 11.8 Å². The van der Waals surface area contributed by atoms with Crippen molar-refractivity contribution in [2.24, 2.45) is 0 Å². The Morgan fingerprint density at radius 2 is 2.27 bits per heavy atom. The average molecular weight is 220 g/mol. The van der Waals surface area contributed by atoms with Gasteiger partial charge in [0.1, 0.15) is 5.58 Å². The number of hydrogen-bond acceptors (Lipinski definition) is 3. The number of carbonyl (C=O) groups is 1. The molecule has 0 saturated carbocycles. The number of benzene rings is 1. The minimum Gasteiger partial charge on any atom is -0.453 e. The smallest absolute Gasteiger partial charge is 0.207 e. The summed E-state index contributed by atoms with van der Waals surface area (Å²) < 4.78 is 5.55. The summed E-state index contributed by atoms with van der Waals surface area (Å²) in [5.74, 6) is 0.991. The summed E-state index contributed by atoms with van der Waals surface area (Å²) in [6.45, 7) is 1.98. The molecule has 0 bridgehead atoms. The molecule has 0 aliphatic heterocycles. The van der Waals surface area contributed by atoms with E-state index >= 15 is 0 Å². The molecule has 0 amide bonds. The van der Waals surface area contributed by atoms with Crippen LogP contribution in [0.2, 0.25) is 0 Å². The Labute approximate surface area is 92.7 Å². The third-order valence-corrected chi connectivity index (χ3v) is 2.84. The van der Waals surface area contributed by atoms with E-state index in [-0.39, 0.29) is 5.78 Å². The number of aryl methyl sites for hydroxylation is 1. The van der Waals surface area contributed by atoms with E-state index in [9.17, 15) is 4.79 Å². The number of carbonyl (C=O) groups excluding carboxylic acids is 1. The molecule has 1 aromatic carbocycles.